The Morgan fingerprint density at radius 2 is 1.80 bits per heavy atom. The number of ether oxygens (including phenoxy) is 1. The summed E-state index contributed by atoms with van der Waals surface area (Å²) in [6.45, 7) is 10.7. The van der Waals surface area contributed by atoms with E-state index >= 15 is 0 Å². The number of likely N-dealkylation sites (N-methyl/N-ethyl adjacent to an activating group) is 1. The molecule has 1 amide bonds. The predicted molar refractivity (Wildman–Crippen MR) is 115 cm³/mol. The van der Waals surface area contributed by atoms with E-state index in [1.54, 1.807) is 12.1 Å². The fourth-order valence-electron chi connectivity index (χ4n) is 3.87. The van der Waals surface area contributed by atoms with E-state index in [0.717, 1.165) is 51.5 Å². The number of hydrogen-bond donors (Lipinski definition) is 0. The lowest BCUT2D eigenvalue weighted by molar-refractivity contribution is -0.132. The summed E-state index contributed by atoms with van der Waals surface area (Å²) in [6, 6.07) is 3.42. The van der Waals surface area contributed by atoms with Crippen LogP contribution in [0.4, 0.5) is 5.82 Å². The molecule has 0 atom stereocenters. The third kappa shape index (κ3) is 5.48. The van der Waals surface area contributed by atoms with Gasteiger partial charge >= 0.3 is 0 Å². The maximum absolute atomic E-state index is 12.8. The topological polar surface area (TPSA) is 86.3 Å². The molecule has 0 N–H and O–H groups in total. The van der Waals surface area contributed by atoms with Crippen LogP contribution in [-0.2, 0) is 19.6 Å². The minimum atomic E-state index is -3.53. The maximum atomic E-state index is 12.8. The zero-order chi connectivity index (χ0) is 21.6. The molecule has 0 unspecified atom stereocenters. The summed E-state index contributed by atoms with van der Waals surface area (Å²) in [7, 11) is -3.53. The van der Waals surface area contributed by atoms with Crippen molar-refractivity contribution in [3.63, 3.8) is 0 Å². The number of morpholine rings is 1. The number of nitrogens with zero attached hydrogens (tertiary/aromatic N) is 5. The first kappa shape index (κ1) is 22.9. The van der Waals surface area contributed by atoms with E-state index in [4.69, 9.17) is 4.74 Å². The molecule has 2 fully saturated rings. The number of sulfonamides is 1. The molecule has 1 aromatic rings. The first-order valence-corrected chi connectivity index (χ1v) is 12.2. The molecule has 30 heavy (non-hydrogen) atoms. The molecule has 2 aliphatic heterocycles. The van der Waals surface area contributed by atoms with Gasteiger partial charge in [-0.25, -0.2) is 13.4 Å². The normalized spacial score (nSPS) is 19.5. The van der Waals surface area contributed by atoms with Crippen molar-refractivity contribution in [3.8, 4) is 0 Å². The van der Waals surface area contributed by atoms with Gasteiger partial charge in [0, 0.05) is 58.6 Å². The van der Waals surface area contributed by atoms with Crippen LogP contribution in [0.1, 0.15) is 20.3 Å². The van der Waals surface area contributed by atoms with E-state index in [-0.39, 0.29) is 10.8 Å². The molecule has 168 valence electrons. The average Bonchev–Trinajstić information content (AvgIpc) is 3.01. The molecule has 3 rings (SSSR count). The van der Waals surface area contributed by atoms with Crippen LogP contribution in [0.25, 0.3) is 0 Å². The Hall–Kier alpha value is -1.75. The molecule has 0 bridgehead atoms. The second-order valence-corrected chi connectivity index (χ2v) is 9.49. The van der Waals surface area contributed by atoms with Crippen molar-refractivity contribution in [2.24, 2.45) is 0 Å². The summed E-state index contributed by atoms with van der Waals surface area (Å²) in [4.78, 5) is 23.3. The highest BCUT2D eigenvalue weighted by atomic mass is 32.2. The van der Waals surface area contributed by atoms with Gasteiger partial charge in [0.2, 0.25) is 15.9 Å². The van der Waals surface area contributed by atoms with Gasteiger partial charge in [0.15, 0.2) is 0 Å². The molecule has 9 nitrogen and oxygen atoms in total. The van der Waals surface area contributed by atoms with Crippen LogP contribution in [0.5, 0.6) is 0 Å². The SMILES string of the molecule is CCN(CC)C(=O)CN1CCCN(c2ccc(S(=O)(=O)N3CCOCC3)cn2)CC1. The van der Waals surface area contributed by atoms with E-state index < -0.39 is 10.0 Å². The van der Waals surface area contributed by atoms with Crippen LogP contribution in [0.15, 0.2) is 23.2 Å². The van der Waals surface area contributed by atoms with Gasteiger partial charge in [-0.3, -0.25) is 9.69 Å². The van der Waals surface area contributed by atoms with E-state index in [2.05, 4.69) is 14.8 Å². The van der Waals surface area contributed by atoms with Crippen molar-refractivity contribution in [1.82, 2.24) is 19.1 Å². The molecule has 1 aromatic heterocycles. The van der Waals surface area contributed by atoms with E-state index in [1.165, 1.54) is 10.5 Å². The zero-order valence-electron chi connectivity index (χ0n) is 18.0. The largest absolute Gasteiger partial charge is 0.379 e. The van der Waals surface area contributed by atoms with Crippen molar-refractivity contribution >= 4 is 21.7 Å². The standard InChI is InChI=1S/C20H33N5O4S/c1-3-23(4-2)20(26)17-22-8-5-9-24(11-10-22)19-7-6-18(16-21-19)30(27,28)25-12-14-29-15-13-25/h6-7,16H,3-5,8-15,17H2,1-2H3. The molecule has 0 saturated carbocycles. The van der Waals surface area contributed by atoms with Crippen LogP contribution in [0.2, 0.25) is 0 Å². The smallest absolute Gasteiger partial charge is 0.244 e. The Bertz CT molecular complexity index is 792. The number of carbonyl (C=O) groups is 1. The van der Waals surface area contributed by atoms with Crippen molar-refractivity contribution < 1.29 is 17.9 Å². The summed E-state index contributed by atoms with van der Waals surface area (Å²) in [6.07, 6.45) is 2.38. The summed E-state index contributed by atoms with van der Waals surface area (Å²) < 4.78 is 32.2. The van der Waals surface area contributed by atoms with Gasteiger partial charge < -0.3 is 14.5 Å². The van der Waals surface area contributed by atoms with Crippen LogP contribution in [-0.4, -0.2) is 106 Å². The number of hydrogen-bond acceptors (Lipinski definition) is 7. The molecule has 2 saturated heterocycles. The van der Waals surface area contributed by atoms with E-state index in [1.807, 2.05) is 18.7 Å². The molecule has 0 radical (unpaired) electrons. The van der Waals surface area contributed by atoms with Gasteiger partial charge in [0.25, 0.3) is 0 Å². The Morgan fingerprint density at radius 1 is 1.07 bits per heavy atom. The summed E-state index contributed by atoms with van der Waals surface area (Å²) in [5.41, 5.74) is 0. The average molecular weight is 440 g/mol. The highest BCUT2D eigenvalue weighted by molar-refractivity contribution is 7.89. The first-order chi connectivity index (χ1) is 14.5. The number of carbonyl (C=O) groups excluding carboxylic acids is 1. The lowest BCUT2D eigenvalue weighted by Gasteiger charge is -2.26. The van der Waals surface area contributed by atoms with Crippen molar-refractivity contribution in [3.05, 3.63) is 18.3 Å². The van der Waals surface area contributed by atoms with Gasteiger partial charge in [-0.15, -0.1) is 0 Å². The van der Waals surface area contributed by atoms with Crippen LogP contribution in [0.3, 0.4) is 0 Å². The Kier molecular flexibility index (Phi) is 8.04. The summed E-state index contributed by atoms with van der Waals surface area (Å²) in [5.74, 6) is 0.942. The minimum Gasteiger partial charge on any atom is -0.379 e. The second kappa shape index (κ2) is 10.5. The molecule has 0 aromatic carbocycles. The monoisotopic (exact) mass is 439 g/mol. The molecule has 0 aliphatic carbocycles. The molecular formula is C20H33N5O4S. The van der Waals surface area contributed by atoms with Crippen molar-refractivity contribution in [2.45, 2.75) is 25.2 Å². The van der Waals surface area contributed by atoms with Gasteiger partial charge in [-0.1, -0.05) is 0 Å². The van der Waals surface area contributed by atoms with Gasteiger partial charge in [-0.2, -0.15) is 4.31 Å². The van der Waals surface area contributed by atoms with Crippen LogP contribution >= 0.6 is 0 Å². The molecular weight excluding hydrogens is 406 g/mol. The highest BCUT2D eigenvalue weighted by Gasteiger charge is 2.27. The third-order valence-electron chi connectivity index (χ3n) is 5.72. The molecule has 10 heteroatoms. The number of anilines is 1. The Morgan fingerprint density at radius 3 is 2.43 bits per heavy atom. The van der Waals surface area contributed by atoms with E-state index in [9.17, 15) is 13.2 Å². The molecule has 2 aliphatic rings. The first-order valence-electron chi connectivity index (χ1n) is 10.7. The van der Waals surface area contributed by atoms with Crippen molar-refractivity contribution in [1.29, 1.82) is 0 Å². The molecule has 3 heterocycles. The highest BCUT2D eigenvalue weighted by Crippen LogP contribution is 2.20. The minimum absolute atomic E-state index is 0.171. The molecule has 0 spiro atoms. The quantitative estimate of drug-likeness (QED) is 0.611. The van der Waals surface area contributed by atoms with Gasteiger partial charge in [0.05, 0.1) is 19.8 Å². The fraction of sp³-hybridized carbons (Fsp3) is 0.700. The van der Waals surface area contributed by atoms with Gasteiger partial charge in [0.1, 0.15) is 10.7 Å². The maximum Gasteiger partial charge on any atom is 0.244 e. The number of pyridine rings is 1. The summed E-state index contributed by atoms with van der Waals surface area (Å²) in [5, 5.41) is 0. The lowest BCUT2D eigenvalue weighted by atomic mass is 10.3. The number of aromatic nitrogens is 1. The predicted octanol–water partition coefficient (Wildman–Crippen LogP) is 0.483. The third-order valence-corrected chi connectivity index (χ3v) is 7.60. The lowest BCUT2D eigenvalue weighted by Crippen LogP contribution is -2.41. The van der Waals surface area contributed by atoms with Crippen LogP contribution in [0, 0.1) is 0 Å². The Balaban J connectivity index is 1.60. The second-order valence-electron chi connectivity index (χ2n) is 7.55. The van der Waals surface area contributed by atoms with Crippen molar-refractivity contribution in [2.75, 3.05) is 77.0 Å². The van der Waals surface area contributed by atoms with Crippen LogP contribution < -0.4 is 4.90 Å². The number of rotatable bonds is 7. The zero-order valence-corrected chi connectivity index (χ0v) is 18.8. The summed E-state index contributed by atoms with van der Waals surface area (Å²) >= 11 is 0. The van der Waals surface area contributed by atoms with Gasteiger partial charge in [-0.05, 0) is 32.4 Å². The fourth-order valence-corrected chi connectivity index (χ4v) is 5.23. The number of amides is 1. The van der Waals surface area contributed by atoms with E-state index in [0.29, 0.717) is 32.8 Å². The Labute approximate surface area is 179 Å².